The van der Waals surface area contributed by atoms with Crippen molar-refractivity contribution >= 4 is 23.5 Å². The molecule has 1 unspecified atom stereocenters. The lowest BCUT2D eigenvalue weighted by atomic mass is 10.1. The molecule has 1 aliphatic heterocycles. The minimum atomic E-state index is -5.08. The van der Waals surface area contributed by atoms with Gasteiger partial charge in [-0.2, -0.15) is 18.3 Å². The van der Waals surface area contributed by atoms with Crippen LogP contribution in [0.4, 0.5) is 13.2 Å². The summed E-state index contributed by atoms with van der Waals surface area (Å²) in [5.41, 5.74) is 1.49. The molecule has 170 valence electrons. The summed E-state index contributed by atoms with van der Waals surface area (Å²) in [5, 5.41) is 12.0. The Morgan fingerprint density at radius 3 is 2.52 bits per heavy atom. The van der Waals surface area contributed by atoms with Gasteiger partial charge in [0.2, 0.25) is 0 Å². The Morgan fingerprint density at radius 1 is 1.32 bits per heavy atom. The molecule has 0 saturated carbocycles. The van der Waals surface area contributed by atoms with Crippen LogP contribution in [0.3, 0.4) is 0 Å². The molecule has 0 fully saturated rings. The van der Waals surface area contributed by atoms with Crippen LogP contribution in [0.25, 0.3) is 0 Å². The van der Waals surface area contributed by atoms with Crippen LogP contribution in [0.1, 0.15) is 22.1 Å². The van der Waals surface area contributed by atoms with E-state index >= 15 is 0 Å². The number of halogens is 4. The number of alkyl halides is 3. The topological polar surface area (TPSA) is 87.9 Å². The number of ether oxygens (including phenoxy) is 1. The number of amides is 1. The number of benzene rings is 1. The number of hydrogen-bond acceptors (Lipinski definition) is 5. The number of carbonyl (C=O) groups is 2. The number of fused-ring (bicyclic) bond motifs is 1. The van der Waals surface area contributed by atoms with Gasteiger partial charge in [0.1, 0.15) is 5.75 Å². The molecule has 2 aromatic rings. The number of likely N-dealkylation sites (N-methyl/N-ethyl adjacent to an activating group) is 1. The molecule has 1 aromatic heterocycles. The third-order valence-corrected chi connectivity index (χ3v) is 4.72. The van der Waals surface area contributed by atoms with Crippen molar-refractivity contribution < 1.29 is 32.6 Å². The van der Waals surface area contributed by atoms with Gasteiger partial charge >= 0.3 is 12.1 Å². The maximum absolute atomic E-state index is 13.0. The Labute approximate surface area is 181 Å². The number of nitrogens with zero attached hydrogens (tertiary/aromatic N) is 4. The van der Waals surface area contributed by atoms with E-state index in [4.69, 9.17) is 26.2 Å². The number of aliphatic carboxylic acids is 1. The van der Waals surface area contributed by atoms with Gasteiger partial charge in [0.15, 0.2) is 0 Å². The predicted molar refractivity (Wildman–Crippen MR) is 106 cm³/mol. The fraction of sp³-hybridized carbons (Fsp3) is 0.421. The number of rotatable bonds is 4. The van der Waals surface area contributed by atoms with Gasteiger partial charge in [-0.1, -0.05) is 11.6 Å². The van der Waals surface area contributed by atoms with Gasteiger partial charge in [0.25, 0.3) is 5.91 Å². The molecule has 1 aromatic carbocycles. The summed E-state index contributed by atoms with van der Waals surface area (Å²) >= 11 is 6.24. The minimum Gasteiger partial charge on any atom is -0.497 e. The standard InChI is InChI=1S/C17H21ClN4O2.C2HF3O2/c1-20(2)9-13-11-21(10-12-6-7-19-22(12)13)17(23)15-8-14(24-3)4-5-16(15)18;3-2(4,5)1(6)7/h4-8,13H,9-11H2,1-3H3;(H,6,7). The average Bonchev–Trinajstić information content (AvgIpc) is 3.16. The van der Waals surface area contributed by atoms with Crippen LogP contribution in [0.15, 0.2) is 30.5 Å². The van der Waals surface area contributed by atoms with Gasteiger partial charge < -0.3 is 19.6 Å². The van der Waals surface area contributed by atoms with E-state index in [1.54, 1.807) is 31.5 Å². The van der Waals surface area contributed by atoms with E-state index in [0.29, 0.717) is 29.4 Å². The van der Waals surface area contributed by atoms with E-state index in [1.165, 1.54) is 0 Å². The Kier molecular flexibility index (Phi) is 7.91. The van der Waals surface area contributed by atoms with Crippen molar-refractivity contribution in [1.82, 2.24) is 19.6 Å². The summed E-state index contributed by atoms with van der Waals surface area (Å²) in [6, 6.07) is 7.21. The van der Waals surface area contributed by atoms with Crippen LogP contribution in [0, 0.1) is 0 Å². The molecule has 0 aliphatic carbocycles. The summed E-state index contributed by atoms with van der Waals surface area (Å²) in [4.78, 5) is 25.8. The summed E-state index contributed by atoms with van der Waals surface area (Å²) in [6.45, 7) is 1.93. The molecule has 8 nitrogen and oxygen atoms in total. The van der Waals surface area contributed by atoms with Crippen LogP contribution in [0.5, 0.6) is 5.75 Å². The van der Waals surface area contributed by atoms with Crippen molar-refractivity contribution in [3.63, 3.8) is 0 Å². The Bertz CT molecular complexity index is 933. The highest BCUT2D eigenvalue weighted by Gasteiger charge is 2.38. The van der Waals surface area contributed by atoms with E-state index in [2.05, 4.69) is 10.00 Å². The van der Waals surface area contributed by atoms with Crippen molar-refractivity contribution in [3.8, 4) is 5.75 Å². The number of carbonyl (C=O) groups excluding carboxylic acids is 1. The van der Waals surface area contributed by atoms with E-state index < -0.39 is 12.1 Å². The van der Waals surface area contributed by atoms with Gasteiger partial charge in [-0.3, -0.25) is 9.48 Å². The second-order valence-corrected chi connectivity index (χ2v) is 7.42. The molecule has 0 saturated heterocycles. The Balaban J connectivity index is 0.000000423. The largest absolute Gasteiger partial charge is 0.497 e. The summed E-state index contributed by atoms with van der Waals surface area (Å²) < 4.78 is 39.0. The van der Waals surface area contributed by atoms with Crippen molar-refractivity contribution in [2.24, 2.45) is 0 Å². The van der Waals surface area contributed by atoms with Crippen molar-refractivity contribution in [2.45, 2.75) is 18.8 Å². The van der Waals surface area contributed by atoms with Crippen molar-refractivity contribution in [2.75, 3.05) is 34.3 Å². The number of hydrogen-bond donors (Lipinski definition) is 1. The number of methoxy groups -OCH3 is 1. The molecule has 1 aliphatic rings. The van der Waals surface area contributed by atoms with E-state index in [9.17, 15) is 18.0 Å². The Morgan fingerprint density at radius 2 is 1.97 bits per heavy atom. The molecule has 0 radical (unpaired) electrons. The molecule has 3 rings (SSSR count). The highest BCUT2D eigenvalue weighted by atomic mass is 35.5. The molecular weight excluding hydrogens is 441 g/mol. The zero-order valence-electron chi connectivity index (χ0n) is 17.1. The highest BCUT2D eigenvalue weighted by Crippen LogP contribution is 2.27. The van der Waals surface area contributed by atoms with Gasteiger partial charge in [-0.15, -0.1) is 0 Å². The molecular formula is C19H22ClF3N4O4. The summed E-state index contributed by atoms with van der Waals surface area (Å²) in [5.74, 6) is -2.22. The SMILES string of the molecule is COc1ccc(Cl)c(C(=O)N2Cc3ccnn3C(CN(C)C)C2)c1.O=C(O)C(F)(F)F. The van der Waals surface area contributed by atoms with Crippen LogP contribution < -0.4 is 4.74 Å². The van der Waals surface area contributed by atoms with Gasteiger partial charge in [-0.05, 0) is 38.4 Å². The summed E-state index contributed by atoms with van der Waals surface area (Å²) in [6.07, 6.45) is -3.30. The molecule has 0 bridgehead atoms. The normalized spacial score (nSPS) is 15.7. The number of carboxylic acids is 1. The van der Waals surface area contributed by atoms with Crippen LogP contribution >= 0.6 is 11.6 Å². The minimum absolute atomic E-state index is 0.0879. The molecule has 12 heteroatoms. The van der Waals surface area contributed by atoms with E-state index in [-0.39, 0.29) is 11.9 Å². The quantitative estimate of drug-likeness (QED) is 0.751. The molecule has 1 N–H and O–H groups in total. The monoisotopic (exact) mass is 462 g/mol. The maximum Gasteiger partial charge on any atom is 0.490 e. The third-order valence-electron chi connectivity index (χ3n) is 4.39. The van der Waals surface area contributed by atoms with Crippen LogP contribution in [0.2, 0.25) is 5.02 Å². The first kappa shape index (κ1) is 24.5. The number of aromatic nitrogens is 2. The zero-order valence-corrected chi connectivity index (χ0v) is 17.8. The molecule has 2 heterocycles. The summed E-state index contributed by atoms with van der Waals surface area (Å²) in [7, 11) is 5.61. The van der Waals surface area contributed by atoms with Gasteiger partial charge in [0, 0.05) is 19.3 Å². The number of carboxylic acid groups (broad SMARTS) is 1. The predicted octanol–water partition coefficient (Wildman–Crippen LogP) is 2.94. The van der Waals surface area contributed by atoms with Crippen molar-refractivity contribution in [3.05, 3.63) is 46.7 Å². The lowest BCUT2D eigenvalue weighted by Crippen LogP contribution is -2.44. The van der Waals surface area contributed by atoms with E-state index in [1.807, 2.05) is 29.7 Å². The third kappa shape index (κ3) is 6.34. The highest BCUT2D eigenvalue weighted by molar-refractivity contribution is 6.33. The average molecular weight is 463 g/mol. The van der Waals surface area contributed by atoms with Gasteiger partial charge in [0.05, 0.1) is 36.0 Å². The molecule has 1 amide bonds. The molecule has 0 spiro atoms. The second-order valence-electron chi connectivity index (χ2n) is 7.02. The van der Waals surface area contributed by atoms with Crippen molar-refractivity contribution in [1.29, 1.82) is 0 Å². The van der Waals surface area contributed by atoms with Crippen LogP contribution in [-0.2, 0) is 11.3 Å². The van der Waals surface area contributed by atoms with E-state index in [0.717, 1.165) is 12.2 Å². The second kappa shape index (κ2) is 10.0. The first-order chi connectivity index (χ1) is 14.4. The lowest BCUT2D eigenvalue weighted by Gasteiger charge is -2.35. The fourth-order valence-electron chi connectivity index (χ4n) is 3.06. The smallest absolute Gasteiger partial charge is 0.490 e. The zero-order chi connectivity index (χ0) is 23.3. The van der Waals surface area contributed by atoms with Crippen LogP contribution in [-0.4, -0.2) is 77.0 Å². The lowest BCUT2D eigenvalue weighted by molar-refractivity contribution is -0.192. The van der Waals surface area contributed by atoms with Gasteiger partial charge in [-0.25, -0.2) is 4.79 Å². The molecule has 31 heavy (non-hydrogen) atoms. The Hall–Kier alpha value is -2.79. The molecule has 1 atom stereocenters. The first-order valence-corrected chi connectivity index (χ1v) is 9.41. The maximum atomic E-state index is 13.0. The fourth-order valence-corrected chi connectivity index (χ4v) is 3.26. The first-order valence-electron chi connectivity index (χ1n) is 9.04.